The zero-order valence-electron chi connectivity index (χ0n) is 15.2. The zero-order valence-corrected chi connectivity index (χ0v) is 16.0. The summed E-state index contributed by atoms with van der Waals surface area (Å²) in [6.45, 7) is 1.04. The topological polar surface area (TPSA) is 52.5 Å². The summed E-state index contributed by atoms with van der Waals surface area (Å²) in [5.74, 6) is 0.417. The first-order valence-electron chi connectivity index (χ1n) is 8.74. The summed E-state index contributed by atoms with van der Waals surface area (Å²) in [5.41, 5.74) is 1.85. The number of hydrogen-bond acceptors (Lipinski definition) is 3. The van der Waals surface area contributed by atoms with Gasteiger partial charge >= 0.3 is 0 Å². The standard InChI is InChI=1S/C21H20ClN2O3/c1-24-16-8-9-18(26-2)19(22)15(16)12-17(24)20(25)23-21(10-11-27-13-21)14-6-4-3-5-7-14/h3-4,6-9,12H,10-11,13H2,1-2H3,(H,23,25). The third-order valence-corrected chi connectivity index (χ3v) is 5.60. The SMILES string of the molecule is COc1ccc2c(cc(C(=O)NC3(c4c[c]ccc4)CCOC3)n2C)c1Cl. The Labute approximate surface area is 162 Å². The summed E-state index contributed by atoms with van der Waals surface area (Å²) in [6.07, 6.45) is 0.717. The number of fused-ring (bicyclic) bond motifs is 1. The van der Waals surface area contributed by atoms with E-state index in [4.69, 9.17) is 21.1 Å². The predicted octanol–water partition coefficient (Wildman–Crippen LogP) is 3.69. The number of halogens is 1. The predicted molar refractivity (Wildman–Crippen MR) is 104 cm³/mol. The number of carbonyl (C=O) groups excluding carboxylic acids is 1. The highest BCUT2D eigenvalue weighted by Gasteiger charge is 2.38. The molecule has 5 nitrogen and oxygen atoms in total. The van der Waals surface area contributed by atoms with E-state index in [1.807, 2.05) is 41.9 Å². The van der Waals surface area contributed by atoms with Crippen molar-refractivity contribution in [1.82, 2.24) is 9.88 Å². The van der Waals surface area contributed by atoms with Crippen molar-refractivity contribution in [3.8, 4) is 5.75 Å². The molecule has 0 spiro atoms. The highest BCUT2D eigenvalue weighted by atomic mass is 35.5. The molecule has 3 aromatic rings. The zero-order chi connectivity index (χ0) is 19.0. The van der Waals surface area contributed by atoms with Crippen molar-refractivity contribution in [3.63, 3.8) is 0 Å². The van der Waals surface area contributed by atoms with Crippen LogP contribution in [0.1, 0.15) is 22.5 Å². The molecule has 1 aliphatic heterocycles. The fraction of sp³-hybridized carbons (Fsp3) is 0.286. The molecule has 2 aromatic carbocycles. The second-order valence-electron chi connectivity index (χ2n) is 6.73. The molecule has 27 heavy (non-hydrogen) atoms. The number of rotatable bonds is 4. The summed E-state index contributed by atoms with van der Waals surface area (Å²) in [6, 6.07) is 16.2. The van der Waals surface area contributed by atoms with Gasteiger partial charge in [0.1, 0.15) is 11.4 Å². The highest BCUT2D eigenvalue weighted by molar-refractivity contribution is 6.37. The maximum atomic E-state index is 13.2. The molecule has 1 unspecified atom stereocenters. The van der Waals surface area contributed by atoms with Crippen molar-refractivity contribution >= 4 is 28.4 Å². The van der Waals surface area contributed by atoms with Crippen LogP contribution < -0.4 is 10.1 Å². The molecule has 139 valence electrons. The van der Waals surface area contributed by atoms with E-state index in [1.165, 1.54) is 0 Å². The Morgan fingerprint density at radius 2 is 2.26 bits per heavy atom. The first-order chi connectivity index (χ1) is 13.1. The van der Waals surface area contributed by atoms with Gasteiger partial charge in [0.2, 0.25) is 0 Å². The lowest BCUT2D eigenvalue weighted by Gasteiger charge is -2.29. The minimum absolute atomic E-state index is 0.168. The minimum Gasteiger partial charge on any atom is -0.495 e. The maximum absolute atomic E-state index is 13.2. The molecule has 0 aliphatic carbocycles. The van der Waals surface area contributed by atoms with Crippen LogP contribution >= 0.6 is 11.6 Å². The first-order valence-corrected chi connectivity index (χ1v) is 9.12. The maximum Gasteiger partial charge on any atom is 0.268 e. The molecule has 1 radical (unpaired) electrons. The molecule has 4 rings (SSSR count). The fourth-order valence-electron chi connectivity index (χ4n) is 3.67. The first kappa shape index (κ1) is 17.9. The van der Waals surface area contributed by atoms with Crippen LogP contribution in [-0.4, -0.2) is 30.8 Å². The smallest absolute Gasteiger partial charge is 0.268 e. The van der Waals surface area contributed by atoms with Gasteiger partial charge < -0.3 is 19.4 Å². The van der Waals surface area contributed by atoms with Crippen molar-refractivity contribution in [2.45, 2.75) is 12.0 Å². The average Bonchev–Trinajstić information content (AvgIpc) is 3.29. The van der Waals surface area contributed by atoms with Crippen LogP contribution in [0.3, 0.4) is 0 Å². The van der Waals surface area contributed by atoms with Gasteiger partial charge in [-0.3, -0.25) is 4.79 Å². The summed E-state index contributed by atoms with van der Waals surface area (Å²) < 4.78 is 12.7. The average molecular weight is 384 g/mol. The molecule has 1 amide bonds. The van der Waals surface area contributed by atoms with Crippen molar-refractivity contribution < 1.29 is 14.3 Å². The summed E-state index contributed by atoms with van der Waals surface area (Å²) >= 11 is 6.43. The molecule has 1 fully saturated rings. The van der Waals surface area contributed by atoms with Crippen LogP contribution in [-0.2, 0) is 17.3 Å². The third-order valence-electron chi connectivity index (χ3n) is 5.21. The number of benzene rings is 2. The molecule has 1 aromatic heterocycles. The molecule has 1 aliphatic rings. The molecule has 1 atom stereocenters. The van der Waals surface area contributed by atoms with Crippen molar-refractivity contribution in [3.05, 3.63) is 64.8 Å². The normalized spacial score (nSPS) is 19.4. The van der Waals surface area contributed by atoms with Crippen LogP contribution in [0.4, 0.5) is 0 Å². The number of aromatic nitrogens is 1. The van der Waals surface area contributed by atoms with E-state index in [2.05, 4.69) is 11.4 Å². The largest absolute Gasteiger partial charge is 0.495 e. The monoisotopic (exact) mass is 383 g/mol. The van der Waals surface area contributed by atoms with Gasteiger partial charge in [0, 0.05) is 25.5 Å². The van der Waals surface area contributed by atoms with Gasteiger partial charge in [0.25, 0.3) is 5.91 Å². The number of methoxy groups -OCH3 is 1. The van der Waals surface area contributed by atoms with Gasteiger partial charge in [0.15, 0.2) is 0 Å². The molecule has 6 heteroatoms. The van der Waals surface area contributed by atoms with E-state index in [0.717, 1.165) is 22.9 Å². The van der Waals surface area contributed by atoms with Gasteiger partial charge in [-0.05, 0) is 35.9 Å². The van der Waals surface area contributed by atoms with Crippen molar-refractivity contribution in [2.24, 2.45) is 7.05 Å². The Hall–Kier alpha value is -2.50. The van der Waals surface area contributed by atoms with E-state index in [9.17, 15) is 4.79 Å². The Kier molecular flexibility index (Phi) is 4.58. The Bertz CT molecular complexity index is 992. The van der Waals surface area contributed by atoms with Crippen molar-refractivity contribution in [2.75, 3.05) is 20.3 Å². The molecule has 0 saturated carbocycles. The van der Waals surface area contributed by atoms with Gasteiger partial charge in [0.05, 0.1) is 29.8 Å². The second-order valence-corrected chi connectivity index (χ2v) is 7.11. The van der Waals surface area contributed by atoms with E-state index in [1.54, 1.807) is 19.2 Å². The second kappa shape index (κ2) is 6.91. The lowest BCUT2D eigenvalue weighted by Crippen LogP contribution is -2.46. The van der Waals surface area contributed by atoms with Gasteiger partial charge in [-0.2, -0.15) is 0 Å². The summed E-state index contributed by atoms with van der Waals surface area (Å²) in [5, 5.41) is 4.48. The summed E-state index contributed by atoms with van der Waals surface area (Å²) in [7, 11) is 3.43. The third kappa shape index (κ3) is 2.97. The van der Waals surface area contributed by atoms with Gasteiger partial charge in [-0.1, -0.05) is 29.8 Å². The highest BCUT2D eigenvalue weighted by Crippen LogP contribution is 2.35. The van der Waals surface area contributed by atoms with Crippen molar-refractivity contribution in [1.29, 1.82) is 0 Å². The molecule has 1 N–H and O–H groups in total. The Morgan fingerprint density at radius 3 is 2.93 bits per heavy atom. The number of amides is 1. The minimum atomic E-state index is -0.549. The Balaban J connectivity index is 1.72. The van der Waals surface area contributed by atoms with E-state index in [-0.39, 0.29) is 5.91 Å². The molecule has 2 heterocycles. The molecule has 1 saturated heterocycles. The molecular formula is C21H20ClN2O3. The number of hydrogen-bond donors (Lipinski definition) is 1. The van der Waals surface area contributed by atoms with Gasteiger partial charge in [-0.15, -0.1) is 0 Å². The number of nitrogens with zero attached hydrogens (tertiary/aromatic N) is 1. The van der Waals surface area contributed by atoms with E-state index in [0.29, 0.717) is 29.7 Å². The Morgan fingerprint density at radius 1 is 1.41 bits per heavy atom. The fourth-order valence-corrected chi connectivity index (χ4v) is 3.96. The van der Waals surface area contributed by atoms with E-state index >= 15 is 0 Å². The van der Waals surface area contributed by atoms with Crippen LogP contribution in [0.15, 0.2) is 42.5 Å². The number of nitrogens with one attached hydrogen (secondary N) is 1. The lowest BCUT2D eigenvalue weighted by molar-refractivity contribution is 0.0868. The summed E-state index contributed by atoms with van der Waals surface area (Å²) in [4.78, 5) is 13.2. The van der Waals surface area contributed by atoms with Crippen LogP contribution in [0.5, 0.6) is 5.75 Å². The number of ether oxygens (including phenoxy) is 2. The molecule has 0 bridgehead atoms. The van der Waals surface area contributed by atoms with Gasteiger partial charge in [-0.25, -0.2) is 0 Å². The van der Waals surface area contributed by atoms with E-state index < -0.39 is 5.54 Å². The number of aryl methyl sites for hydroxylation is 1. The quantitative estimate of drug-likeness (QED) is 0.747. The van der Waals surface area contributed by atoms with Crippen LogP contribution in [0.25, 0.3) is 10.9 Å². The van der Waals surface area contributed by atoms with Crippen LogP contribution in [0.2, 0.25) is 5.02 Å². The number of carbonyl (C=O) groups is 1. The lowest BCUT2D eigenvalue weighted by atomic mass is 9.89. The van der Waals surface area contributed by atoms with Crippen LogP contribution in [0, 0.1) is 6.07 Å². The molecular weight excluding hydrogens is 364 g/mol.